The van der Waals surface area contributed by atoms with Crippen LogP contribution in [0.25, 0.3) is 0 Å². The molecule has 0 aromatic carbocycles. The maximum Gasteiger partial charge on any atom is 0.254 e. The van der Waals surface area contributed by atoms with Gasteiger partial charge in [0, 0.05) is 6.54 Å². The van der Waals surface area contributed by atoms with E-state index in [0.717, 1.165) is 24.2 Å². The van der Waals surface area contributed by atoms with Crippen molar-refractivity contribution in [3.63, 3.8) is 0 Å². The number of hydrogen-bond acceptors (Lipinski definition) is 4. The van der Waals surface area contributed by atoms with Gasteiger partial charge in [0.2, 0.25) is 0 Å². The molecule has 0 aromatic heterocycles. The zero-order chi connectivity index (χ0) is 13.8. The van der Waals surface area contributed by atoms with Crippen LogP contribution in [0.3, 0.4) is 0 Å². The normalized spacial score (nSPS) is 10.4. The number of nitrogens with zero attached hydrogens (tertiary/aromatic N) is 1. The van der Waals surface area contributed by atoms with Crippen LogP contribution in [-0.2, 0) is 9.59 Å². The Hall–Kier alpha value is -0.940. The van der Waals surface area contributed by atoms with Gasteiger partial charge in [-0.1, -0.05) is 45.4 Å². The van der Waals surface area contributed by atoms with E-state index in [1.807, 2.05) is 0 Å². The second-order valence-corrected chi connectivity index (χ2v) is 4.38. The van der Waals surface area contributed by atoms with Crippen molar-refractivity contribution in [3.8, 4) is 0 Å². The minimum absolute atomic E-state index is 0.284. The fourth-order valence-corrected chi connectivity index (χ4v) is 1.79. The van der Waals surface area contributed by atoms with Crippen molar-refractivity contribution in [2.24, 2.45) is 0 Å². The summed E-state index contributed by atoms with van der Waals surface area (Å²) in [5.74, 6) is -1.28. The van der Waals surface area contributed by atoms with Crippen LogP contribution in [-0.4, -0.2) is 46.7 Å². The first-order valence-electron chi connectivity index (χ1n) is 6.72. The van der Waals surface area contributed by atoms with Gasteiger partial charge in [0.25, 0.3) is 11.8 Å². The molecular weight excluding hydrogens is 234 g/mol. The molecule has 0 saturated heterocycles. The van der Waals surface area contributed by atoms with E-state index < -0.39 is 25.0 Å². The summed E-state index contributed by atoms with van der Waals surface area (Å²) in [5, 5.41) is 17.4. The Morgan fingerprint density at radius 1 is 0.833 bits per heavy atom. The van der Waals surface area contributed by atoms with Crippen molar-refractivity contribution in [2.45, 2.75) is 51.9 Å². The molecule has 0 bridgehead atoms. The number of carbonyl (C=O) groups excluding carboxylic acids is 2. The van der Waals surface area contributed by atoms with Crippen molar-refractivity contribution >= 4 is 11.8 Å². The second-order valence-electron chi connectivity index (χ2n) is 4.38. The largest absolute Gasteiger partial charge is 0.387 e. The lowest BCUT2D eigenvalue weighted by molar-refractivity contribution is -0.148. The molecule has 0 aliphatic heterocycles. The zero-order valence-corrected chi connectivity index (χ0v) is 11.2. The molecule has 0 unspecified atom stereocenters. The highest BCUT2D eigenvalue weighted by molar-refractivity contribution is 5.96. The Morgan fingerprint density at radius 2 is 1.28 bits per heavy atom. The highest BCUT2D eigenvalue weighted by atomic mass is 16.3. The summed E-state index contributed by atoms with van der Waals surface area (Å²) in [6, 6.07) is 0. The lowest BCUT2D eigenvalue weighted by atomic mass is 10.1. The van der Waals surface area contributed by atoms with Gasteiger partial charge in [-0.05, 0) is 6.42 Å². The van der Waals surface area contributed by atoms with Crippen molar-refractivity contribution in [1.82, 2.24) is 4.90 Å². The first kappa shape index (κ1) is 17.1. The Morgan fingerprint density at radius 3 is 1.72 bits per heavy atom. The van der Waals surface area contributed by atoms with E-state index in [9.17, 15) is 9.59 Å². The molecule has 0 atom stereocenters. The van der Waals surface area contributed by atoms with Gasteiger partial charge in [-0.15, -0.1) is 0 Å². The van der Waals surface area contributed by atoms with Crippen LogP contribution < -0.4 is 0 Å². The Kier molecular flexibility index (Phi) is 10.6. The maximum absolute atomic E-state index is 11.3. The molecule has 0 aromatic rings. The average molecular weight is 259 g/mol. The summed E-state index contributed by atoms with van der Waals surface area (Å²) in [4.78, 5) is 23.5. The molecular formula is C13H25NO4. The number of aliphatic hydroxyl groups excluding tert-OH is 2. The number of unbranched alkanes of at least 4 members (excludes halogenated alkanes) is 6. The topological polar surface area (TPSA) is 77.8 Å². The third kappa shape index (κ3) is 7.40. The Balaban J connectivity index is 3.77. The summed E-state index contributed by atoms with van der Waals surface area (Å²) >= 11 is 0. The van der Waals surface area contributed by atoms with Crippen LogP contribution >= 0.6 is 0 Å². The van der Waals surface area contributed by atoms with E-state index in [1.165, 1.54) is 25.7 Å². The number of rotatable bonds is 10. The van der Waals surface area contributed by atoms with E-state index in [-0.39, 0.29) is 6.54 Å². The first-order valence-corrected chi connectivity index (χ1v) is 6.72. The van der Waals surface area contributed by atoms with Crippen molar-refractivity contribution < 1.29 is 19.8 Å². The van der Waals surface area contributed by atoms with Gasteiger partial charge in [-0.3, -0.25) is 14.5 Å². The SMILES string of the molecule is CCCCCCCCCN(C(=O)CO)C(=O)CO. The van der Waals surface area contributed by atoms with E-state index >= 15 is 0 Å². The van der Waals surface area contributed by atoms with E-state index in [1.54, 1.807) is 0 Å². The van der Waals surface area contributed by atoms with Crippen LogP contribution in [0.15, 0.2) is 0 Å². The van der Waals surface area contributed by atoms with Crippen LogP contribution in [0.2, 0.25) is 0 Å². The minimum Gasteiger partial charge on any atom is -0.387 e. The lowest BCUT2D eigenvalue weighted by Gasteiger charge is -2.18. The number of amides is 2. The smallest absolute Gasteiger partial charge is 0.254 e. The molecule has 2 amide bonds. The third-order valence-electron chi connectivity index (χ3n) is 2.86. The van der Waals surface area contributed by atoms with Gasteiger partial charge in [0.1, 0.15) is 13.2 Å². The molecule has 106 valence electrons. The van der Waals surface area contributed by atoms with E-state index in [4.69, 9.17) is 10.2 Å². The van der Waals surface area contributed by atoms with E-state index in [0.29, 0.717) is 0 Å². The summed E-state index contributed by atoms with van der Waals surface area (Å²) in [5.41, 5.74) is 0. The highest BCUT2D eigenvalue weighted by Crippen LogP contribution is 2.07. The lowest BCUT2D eigenvalue weighted by Crippen LogP contribution is -2.41. The monoisotopic (exact) mass is 259 g/mol. The third-order valence-corrected chi connectivity index (χ3v) is 2.86. The van der Waals surface area contributed by atoms with Crippen LogP contribution in [0, 0.1) is 0 Å². The van der Waals surface area contributed by atoms with Gasteiger partial charge in [0.15, 0.2) is 0 Å². The summed E-state index contributed by atoms with van der Waals surface area (Å²) < 4.78 is 0. The first-order chi connectivity index (χ1) is 8.67. The molecule has 0 heterocycles. The predicted molar refractivity (Wildman–Crippen MR) is 68.9 cm³/mol. The highest BCUT2D eigenvalue weighted by Gasteiger charge is 2.18. The molecule has 0 spiro atoms. The molecule has 5 heteroatoms. The quantitative estimate of drug-likeness (QED) is 0.575. The van der Waals surface area contributed by atoms with Crippen LogP contribution in [0.4, 0.5) is 0 Å². The van der Waals surface area contributed by atoms with Gasteiger partial charge in [0.05, 0.1) is 0 Å². The van der Waals surface area contributed by atoms with Crippen LogP contribution in [0.1, 0.15) is 51.9 Å². The fourth-order valence-electron chi connectivity index (χ4n) is 1.79. The number of aliphatic hydroxyl groups is 2. The Bertz CT molecular complexity index is 227. The average Bonchev–Trinajstić information content (AvgIpc) is 2.40. The van der Waals surface area contributed by atoms with Gasteiger partial charge < -0.3 is 10.2 Å². The fraction of sp³-hybridized carbons (Fsp3) is 0.846. The Labute approximate surface area is 109 Å². The van der Waals surface area contributed by atoms with Gasteiger partial charge in [-0.2, -0.15) is 0 Å². The molecule has 0 radical (unpaired) electrons. The molecule has 0 saturated carbocycles. The molecule has 2 N–H and O–H groups in total. The molecule has 0 rings (SSSR count). The van der Waals surface area contributed by atoms with Crippen molar-refractivity contribution in [2.75, 3.05) is 19.8 Å². The second kappa shape index (κ2) is 11.2. The van der Waals surface area contributed by atoms with Crippen molar-refractivity contribution in [1.29, 1.82) is 0 Å². The molecule has 0 aliphatic rings. The van der Waals surface area contributed by atoms with Gasteiger partial charge >= 0.3 is 0 Å². The summed E-state index contributed by atoms with van der Waals surface area (Å²) in [6.07, 6.45) is 7.64. The standard InChI is InChI=1S/C13H25NO4/c1-2-3-4-5-6-7-8-9-14(12(17)10-15)13(18)11-16/h15-16H,2-11H2,1H3. The maximum atomic E-state index is 11.3. The predicted octanol–water partition coefficient (Wildman–Crippen LogP) is 1.08. The zero-order valence-electron chi connectivity index (χ0n) is 11.2. The number of hydrogen-bond donors (Lipinski definition) is 2. The van der Waals surface area contributed by atoms with Crippen molar-refractivity contribution in [3.05, 3.63) is 0 Å². The summed E-state index contributed by atoms with van der Waals surface area (Å²) in [7, 11) is 0. The van der Waals surface area contributed by atoms with E-state index in [2.05, 4.69) is 6.92 Å². The molecule has 0 aliphatic carbocycles. The molecule has 5 nitrogen and oxygen atoms in total. The number of imide groups is 1. The molecule has 0 fully saturated rings. The number of carbonyl (C=O) groups is 2. The summed E-state index contributed by atoms with van der Waals surface area (Å²) in [6.45, 7) is 1.07. The molecule has 18 heavy (non-hydrogen) atoms. The van der Waals surface area contributed by atoms with Crippen LogP contribution in [0.5, 0.6) is 0 Å². The minimum atomic E-state index is -0.692. The van der Waals surface area contributed by atoms with Gasteiger partial charge in [-0.25, -0.2) is 0 Å².